The molecule has 18 heteroatoms. The highest BCUT2D eigenvalue weighted by Crippen LogP contribution is 2.73. The van der Waals surface area contributed by atoms with Crippen LogP contribution in [-0.4, -0.2) is 180 Å². The third-order valence-electron chi connectivity index (χ3n) is 15.0. The summed E-state index contributed by atoms with van der Waals surface area (Å²) in [7, 11) is 0. The summed E-state index contributed by atoms with van der Waals surface area (Å²) in [4.78, 5) is 12.7. The lowest BCUT2D eigenvalue weighted by Gasteiger charge is -2.64. The average Bonchev–Trinajstić information content (AvgIpc) is 3.36. The molecule has 0 aromatic rings. The largest absolute Gasteiger partial charge is 0.481 e. The van der Waals surface area contributed by atoms with Crippen molar-refractivity contribution in [3.63, 3.8) is 0 Å². The summed E-state index contributed by atoms with van der Waals surface area (Å²) in [5.41, 5.74) is -1.63. The van der Waals surface area contributed by atoms with Crippen LogP contribution in [0.5, 0.6) is 0 Å². The quantitative estimate of drug-likeness (QED) is 0.0812. The summed E-state index contributed by atoms with van der Waals surface area (Å²) in [6.45, 7) is 6.28. The van der Waals surface area contributed by atoms with Crippen LogP contribution in [0.15, 0.2) is 12.2 Å². The van der Waals surface area contributed by atoms with Gasteiger partial charge in [0.15, 0.2) is 18.9 Å². The van der Waals surface area contributed by atoms with Gasteiger partial charge in [-0.1, -0.05) is 19.9 Å². The zero-order chi connectivity index (χ0) is 40.7. The molecule has 21 atom stereocenters. The predicted octanol–water partition coefficient (Wildman–Crippen LogP) is -2.37. The maximum absolute atomic E-state index is 12.7. The van der Waals surface area contributed by atoms with Gasteiger partial charge in [0, 0.05) is 0 Å². The molecule has 1 spiro atoms. The first-order chi connectivity index (χ1) is 26.4. The van der Waals surface area contributed by atoms with Gasteiger partial charge in [-0.25, -0.2) is 0 Å². The summed E-state index contributed by atoms with van der Waals surface area (Å²) < 4.78 is 36.7. The molecule has 7 aliphatic rings. The van der Waals surface area contributed by atoms with Gasteiger partial charge in [-0.05, 0) is 86.5 Å². The molecule has 4 saturated carbocycles. The maximum Gasteiger partial charge on any atom is 0.309 e. The Balaban J connectivity index is 1.21. The van der Waals surface area contributed by atoms with E-state index >= 15 is 0 Å². The first-order valence-corrected chi connectivity index (χ1v) is 19.9. The molecule has 0 aromatic carbocycles. The number of aliphatic hydroxyl groups excluding tert-OH is 10. The molecule has 18 nitrogen and oxygen atoms in total. The van der Waals surface area contributed by atoms with Gasteiger partial charge in [-0.15, -0.1) is 0 Å². The fraction of sp³-hybridized carbons (Fsp3) is 0.921. The van der Waals surface area contributed by atoms with Gasteiger partial charge in [0.1, 0.15) is 73.2 Å². The van der Waals surface area contributed by atoms with Gasteiger partial charge in [0.05, 0.1) is 30.8 Å². The zero-order valence-electron chi connectivity index (χ0n) is 31.8. The molecular weight excluding hydrogens is 744 g/mol. The minimum Gasteiger partial charge on any atom is -0.481 e. The molecule has 320 valence electrons. The number of hydrogen-bond acceptors (Lipinski definition) is 17. The van der Waals surface area contributed by atoms with Gasteiger partial charge in [-0.3, -0.25) is 4.79 Å². The minimum atomic E-state index is -1.91. The summed E-state index contributed by atoms with van der Waals surface area (Å²) in [5, 5.41) is 116. The van der Waals surface area contributed by atoms with Gasteiger partial charge < -0.3 is 84.6 Å². The van der Waals surface area contributed by atoms with E-state index in [1.807, 2.05) is 6.92 Å². The van der Waals surface area contributed by atoms with Gasteiger partial charge in [0.25, 0.3) is 0 Å². The van der Waals surface area contributed by atoms with Crippen molar-refractivity contribution in [1.82, 2.24) is 0 Å². The summed E-state index contributed by atoms with van der Waals surface area (Å²) >= 11 is 0. The number of carbonyl (C=O) groups is 1. The fourth-order valence-corrected chi connectivity index (χ4v) is 12.1. The maximum atomic E-state index is 12.7. The summed E-state index contributed by atoms with van der Waals surface area (Å²) in [6, 6.07) is 0. The van der Waals surface area contributed by atoms with Gasteiger partial charge in [-0.2, -0.15) is 0 Å². The summed E-state index contributed by atoms with van der Waals surface area (Å²) in [5.74, 6) is -0.606. The Morgan fingerprint density at radius 1 is 0.679 bits per heavy atom. The molecule has 7 fully saturated rings. The minimum absolute atomic E-state index is 0.00993. The van der Waals surface area contributed by atoms with E-state index in [1.54, 1.807) is 0 Å². The predicted molar refractivity (Wildman–Crippen MR) is 187 cm³/mol. The van der Waals surface area contributed by atoms with Crippen LogP contribution in [0, 0.1) is 28.1 Å². The van der Waals surface area contributed by atoms with E-state index in [2.05, 4.69) is 13.5 Å². The molecule has 2 bridgehead atoms. The van der Waals surface area contributed by atoms with Crippen LogP contribution < -0.4 is 0 Å². The summed E-state index contributed by atoms with van der Waals surface area (Å²) in [6.07, 6.45) is -19.3. The first kappa shape index (κ1) is 42.7. The van der Waals surface area contributed by atoms with E-state index in [0.717, 1.165) is 31.3 Å². The highest BCUT2D eigenvalue weighted by Gasteiger charge is 2.69. The monoisotopic (exact) mass is 804 g/mol. The Bertz CT molecular complexity index is 1450. The Morgan fingerprint density at radius 2 is 1.20 bits per heavy atom. The van der Waals surface area contributed by atoms with Crippen molar-refractivity contribution in [2.24, 2.45) is 28.1 Å². The number of carboxylic acid groups (broad SMARTS) is 1. The van der Waals surface area contributed by atoms with Crippen LogP contribution in [0.25, 0.3) is 0 Å². The SMILES string of the molecule is C=C1C[C@@]23CC[C@H]4[C@@](C)(CCC[C@@]4(C)C(=O)O)[C@@H]2CC[C@]1(OC1OC(CO)C(O)C(OC2OC(CO)C(O)C(O)C2O)C1OC1OC(CO)C(O)C(O)C1O)C3. The van der Waals surface area contributed by atoms with Crippen molar-refractivity contribution in [2.45, 2.75) is 169 Å². The van der Waals surface area contributed by atoms with Gasteiger partial charge >= 0.3 is 5.97 Å². The molecule has 3 aliphatic heterocycles. The molecule has 56 heavy (non-hydrogen) atoms. The van der Waals surface area contributed by atoms with E-state index in [9.17, 15) is 61.0 Å². The van der Waals surface area contributed by atoms with Crippen molar-refractivity contribution in [1.29, 1.82) is 0 Å². The van der Waals surface area contributed by atoms with Crippen molar-refractivity contribution < 1.29 is 89.4 Å². The van der Waals surface area contributed by atoms with Crippen LogP contribution in [0.3, 0.4) is 0 Å². The van der Waals surface area contributed by atoms with Crippen LogP contribution in [-0.2, 0) is 33.2 Å². The highest BCUT2D eigenvalue weighted by atomic mass is 16.8. The second kappa shape index (κ2) is 15.6. The smallest absolute Gasteiger partial charge is 0.309 e. The third kappa shape index (κ3) is 6.69. The van der Waals surface area contributed by atoms with Crippen molar-refractivity contribution in [2.75, 3.05) is 19.8 Å². The molecule has 4 aliphatic carbocycles. The normalized spacial score (nSPS) is 54.6. The molecule has 3 saturated heterocycles. The van der Waals surface area contributed by atoms with Crippen molar-refractivity contribution in [3.8, 4) is 0 Å². The lowest BCUT2D eigenvalue weighted by Crippen LogP contribution is -2.68. The van der Waals surface area contributed by atoms with Gasteiger partial charge in [0.2, 0.25) is 0 Å². The van der Waals surface area contributed by atoms with E-state index < -0.39 is 129 Å². The van der Waals surface area contributed by atoms with E-state index in [0.29, 0.717) is 32.1 Å². The molecule has 7 rings (SSSR count). The number of aliphatic hydroxyl groups is 10. The first-order valence-electron chi connectivity index (χ1n) is 19.9. The highest BCUT2D eigenvalue weighted by molar-refractivity contribution is 5.75. The van der Waals surface area contributed by atoms with Crippen LogP contribution in [0.4, 0.5) is 0 Å². The Kier molecular flexibility index (Phi) is 11.9. The second-order valence-electron chi connectivity index (χ2n) is 18.0. The molecule has 0 aromatic heterocycles. The van der Waals surface area contributed by atoms with Crippen molar-refractivity contribution in [3.05, 3.63) is 12.2 Å². The van der Waals surface area contributed by atoms with E-state index in [4.69, 9.17) is 28.4 Å². The number of hydrogen-bond donors (Lipinski definition) is 11. The van der Waals surface area contributed by atoms with E-state index in [-0.39, 0.29) is 22.7 Å². The van der Waals surface area contributed by atoms with Crippen LogP contribution in [0.1, 0.15) is 71.6 Å². The topological polar surface area (TPSA) is 295 Å². The number of aliphatic carboxylic acids is 1. The average molecular weight is 805 g/mol. The second-order valence-corrected chi connectivity index (χ2v) is 18.0. The Morgan fingerprint density at radius 3 is 1.75 bits per heavy atom. The molecule has 11 N–H and O–H groups in total. The number of carboxylic acids is 1. The lowest BCUT2D eigenvalue weighted by atomic mass is 9.41. The Labute approximate surface area is 324 Å². The number of ether oxygens (including phenoxy) is 6. The Hall–Kier alpha value is -1.43. The standard InChI is InChI=1S/C38H60O18/c1-16-11-37-9-5-20-35(2,7-4-8-36(20,3)34(49)50)21(37)6-10-38(16,15-37)56-33-30(55-32-28(48)26(46)23(43)18(13-40)52-32)29(24(44)19(14-41)53-33)54-31-27(47)25(45)22(42)17(12-39)51-31/h17-33,39-48H,1,4-15H2,2-3H3,(H,49,50)/t17?,18?,19?,20-,21-,22?,23?,24?,25?,26?,27?,28?,29?,30?,31?,32?,33?,35+,36+,37+,38-/m0/s1. The van der Waals surface area contributed by atoms with Crippen LogP contribution in [0.2, 0.25) is 0 Å². The van der Waals surface area contributed by atoms with Crippen LogP contribution >= 0.6 is 0 Å². The molecule has 3 heterocycles. The number of fused-ring (bicyclic) bond motifs is 3. The lowest BCUT2D eigenvalue weighted by molar-refractivity contribution is -0.400. The zero-order valence-corrected chi connectivity index (χ0v) is 31.8. The third-order valence-corrected chi connectivity index (χ3v) is 15.0. The molecule has 0 radical (unpaired) electrons. The number of rotatable bonds is 10. The molecular formula is C38H60O18. The van der Waals surface area contributed by atoms with Crippen molar-refractivity contribution >= 4 is 5.97 Å². The molecule has 0 amide bonds. The molecule has 15 unspecified atom stereocenters. The fourth-order valence-electron chi connectivity index (χ4n) is 12.1. The van der Waals surface area contributed by atoms with E-state index in [1.165, 1.54) is 0 Å².